The van der Waals surface area contributed by atoms with E-state index in [1.165, 1.54) is 0 Å². The van der Waals surface area contributed by atoms with Gasteiger partial charge in [0.2, 0.25) is 0 Å². The molecule has 0 aromatic rings. The Balaban J connectivity index is 2.72. The predicted molar refractivity (Wildman–Crippen MR) is 34.8 cm³/mol. The maximum absolute atomic E-state index is 5.22. The van der Waals surface area contributed by atoms with Gasteiger partial charge in [0.25, 0.3) is 0 Å². The normalized spacial score (nSPS) is 10.5. The van der Waals surface area contributed by atoms with Gasteiger partial charge in [-0.25, -0.2) is 0 Å². The van der Waals surface area contributed by atoms with E-state index in [1.54, 1.807) is 0 Å². The third-order valence-corrected chi connectivity index (χ3v) is 3.45. The summed E-state index contributed by atoms with van der Waals surface area (Å²) in [6.07, 6.45) is 0. The average Bonchev–Trinajstić information content (AvgIpc) is 1.66. The van der Waals surface area contributed by atoms with E-state index < -0.39 is 22.0 Å². The molecule has 0 spiro atoms. The topological polar surface area (TPSA) is 18.5 Å². The Labute approximate surface area is 75.3 Å². The minimum atomic E-state index is -0.795. The maximum atomic E-state index is 5.22. The Morgan fingerprint density at radius 1 is 1.62 bits per heavy atom. The van der Waals surface area contributed by atoms with Crippen molar-refractivity contribution in [1.82, 2.24) is 0 Å². The van der Waals surface area contributed by atoms with Crippen molar-refractivity contribution in [1.29, 1.82) is 0 Å². The molecule has 0 fully saturated rings. The van der Waals surface area contributed by atoms with Gasteiger partial charge in [-0.05, 0) is 0 Å². The fourth-order valence-corrected chi connectivity index (χ4v) is 2.88. The first kappa shape index (κ1) is 9.52. The van der Waals surface area contributed by atoms with Gasteiger partial charge in [-0.15, -0.1) is 0 Å². The Hall–Kier alpha value is 1.52. The summed E-state index contributed by atoms with van der Waals surface area (Å²) in [5.74, 6) is 0.659. The van der Waals surface area contributed by atoms with Crippen LogP contribution in [0.3, 0.4) is 0 Å². The van der Waals surface area contributed by atoms with Crippen LogP contribution in [0.5, 0.6) is 0 Å². The van der Waals surface area contributed by atoms with E-state index in [4.69, 9.17) is 4.49 Å². The zero-order valence-electron chi connectivity index (χ0n) is 5.18. The Kier molecular flexibility index (Phi) is 7.89. The molecule has 0 unspecified atom stereocenters. The molecule has 0 amide bonds. The Bertz CT molecular complexity index is 49.3. The van der Waals surface area contributed by atoms with Gasteiger partial charge < -0.3 is 0 Å². The molecule has 0 atom stereocenters. The first-order chi connectivity index (χ1) is 3.77. The molecular formula is C4H10O2Sn2. The van der Waals surface area contributed by atoms with E-state index in [0.717, 1.165) is 29.5 Å². The number of rotatable bonds is 4. The fraction of sp³-hybridized carbons (Fsp3) is 1.00. The molecule has 0 aliphatic rings. The molecule has 0 aromatic heterocycles. The van der Waals surface area contributed by atoms with Crippen LogP contribution in [0.1, 0.15) is 13.8 Å². The zero-order valence-corrected chi connectivity index (χ0v) is 11.3. The summed E-state index contributed by atoms with van der Waals surface area (Å²) in [6.45, 7) is 5.17. The van der Waals surface area contributed by atoms with E-state index in [9.17, 15) is 0 Å². The molecule has 0 saturated heterocycles. The van der Waals surface area contributed by atoms with E-state index in [0.29, 0.717) is 5.92 Å². The van der Waals surface area contributed by atoms with Crippen LogP contribution >= 0.6 is 0 Å². The van der Waals surface area contributed by atoms with E-state index >= 15 is 0 Å². The number of hydrogen-bond acceptors (Lipinski definition) is 2. The van der Waals surface area contributed by atoms with E-state index in [1.807, 2.05) is 0 Å². The van der Waals surface area contributed by atoms with Crippen molar-refractivity contribution in [3.05, 3.63) is 0 Å². The van der Waals surface area contributed by atoms with Gasteiger partial charge in [0.1, 0.15) is 0 Å². The van der Waals surface area contributed by atoms with Gasteiger partial charge in [0.05, 0.1) is 0 Å². The molecule has 8 heavy (non-hydrogen) atoms. The zero-order chi connectivity index (χ0) is 6.41. The molecule has 4 radical (unpaired) electrons. The van der Waals surface area contributed by atoms with Crippen molar-refractivity contribution in [2.75, 3.05) is 6.61 Å². The summed E-state index contributed by atoms with van der Waals surface area (Å²) in [7, 11) is 0. The molecule has 0 aliphatic heterocycles. The molecule has 0 bridgehead atoms. The monoisotopic (exact) mass is 330 g/mol. The summed E-state index contributed by atoms with van der Waals surface area (Å²) >= 11 is 0.109. The van der Waals surface area contributed by atoms with Crippen molar-refractivity contribution in [2.45, 2.75) is 13.8 Å². The molecule has 0 saturated carbocycles. The number of hydrogen-bond donors (Lipinski definition) is 0. The van der Waals surface area contributed by atoms with Crippen LogP contribution in [0.2, 0.25) is 0 Å². The van der Waals surface area contributed by atoms with E-state index in [-0.39, 0.29) is 0 Å². The van der Waals surface area contributed by atoms with Crippen molar-refractivity contribution in [3.63, 3.8) is 0 Å². The van der Waals surface area contributed by atoms with Crippen LogP contribution in [0, 0.1) is 5.92 Å². The van der Waals surface area contributed by atoms with Crippen LogP contribution in [0.25, 0.3) is 0 Å². The van der Waals surface area contributed by atoms with Gasteiger partial charge in [-0.1, -0.05) is 0 Å². The molecule has 46 valence electrons. The summed E-state index contributed by atoms with van der Waals surface area (Å²) in [4.78, 5) is 0. The molecule has 0 aliphatic carbocycles. The third kappa shape index (κ3) is 7.52. The van der Waals surface area contributed by atoms with Gasteiger partial charge >= 0.3 is 75.8 Å². The Morgan fingerprint density at radius 3 is 2.62 bits per heavy atom. The summed E-state index contributed by atoms with van der Waals surface area (Å²) in [5, 5.41) is 0. The van der Waals surface area contributed by atoms with Gasteiger partial charge in [-0.2, -0.15) is 0 Å². The van der Waals surface area contributed by atoms with Gasteiger partial charge in [0, 0.05) is 0 Å². The van der Waals surface area contributed by atoms with Crippen molar-refractivity contribution in [2.24, 2.45) is 5.92 Å². The first-order valence-electron chi connectivity index (χ1n) is 2.50. The third-order valence-electron chi connectivity index (χ3n) is 0.524. The first-order valence-corrected chi connectivity index (χ1v) is 6.17. The minimum absolute atomic E-state index is 0.659. The standard InChI is InChI=1S/C4H9O.O.2Sn.H/c1-4(2)3-5;;;;/h4H,3H2,1-2H3;;;;/q-1;;;+1;. The fourth-order valence-electron chi connectivity index (χ4n) is 0.235. The van der Waals surface area contributed by atoms with Crippen LogP contribution in [0.15, 0.2) is 0 Å². The van der Waals surface area contributed by atoms with Crippen LogP contribution in [-0.4, -0.2) is 51.5 Å². The second kappa shape index (κ2) is 6.63. The quantitative estimate of drug-likeness (QED) is 0.536. The second-order valence-electron chi connectivity index (χ2n) is 1.91. The molecule has 2 nitrogen and oxygen atoms in total. The molecule has 0 aromatic carbocycles. The average molecular weight is 328 g/mol. The van der Waals surface area contributed by atoms with Crippen LogP contribution in [-0.2, 0) is 4.49 Å². The molecular weight excluding hydrogens is 317 g/mol. The van der Waals surface area contributed by atoms with Gasteiger partial charge in [0.15, 0.2) is 0 Å². The summed E-state index contributed by atoms with van der Waals surface area (Å²) < 4.78 is 10.2. The second-order valence-corrected chi connectivity index (χ2v) is 8.39. The molecule has 0 rings (SSSR count). The predicted octanol–water partition coefficient (Wildman–Crippen LogP) is 0.0256. The van der Waals surface area contributed by atoms with Gasteiger partial charge in [-0.3, -0.25) is 0 Å². The van der Waals surface area contributed by atoms with Crippen molar-refractivity contribution >= 4 is 44.9 Å². The van der Waals surface area contributed by atoms with Crippen LogP contribution in [0.4, 0.5) is 0 Å². The molecule has 0 heterocycles. The Morgan fingerprint density at radius 2 is 2.25 bits per heavy atom. The van der Waals surface area contributed by atoms with Crippen molar-refractivity contribution in [3.8, 4) is 0 Å². The van der Waals surface area contributed by atoms with E-state index in [2.05, 4.69) is 13.8 Å². The summed E-state index contributed by atoms with van der Waals surface area (Å²) in [6, 6.07) is 0. The SMILES string of the molecule is CC(C)C[O][Sn][O][SnH]. The van der Waals surface area contributed by atoms with Crippen LogP contribution < -0.4 is 0 Å². The van der Waals surface area contributed by atoms with Crippen molar-refractivity contribution < 1.29 is 4.49 Å². The summed E-state index contributed by atoms with van der Waals surface area (Å²) in [5.41, 5.74) is 0. The molecule has 0 N–H and O–H groups in total. The molecule has 4 heteroatoms.